The van der Waals surface area contributed by atoms with Gasteiger partial charge in [-0.25, -0.2) is 4.79 Å². The van der Waals surface area contributed by atoms with Gasteiger partial charge in [0.1, 0.15) is 5.76 Å². The van der Waals surface area contributed by atoms with Crippen molar-refractivity contribution >= 4 is 17.6 Å². The molecule has 0 fully saturated rings. The maximum atomic E-state index is 12.6. The van der Waals surface area contributed by atoms with Crippen LogP contribution in [-0.4, -0.2) is 11.1 Å². The Hall–Kier alpha value is -1.95. The smallest absolute Gasteiger partial charge is 0.416 e. The first-order valence-electron chi connectivity index (χ1n) is 4.99. The number of rotatable bonds is 2. The Morgan fingerprint density at radius 2 is 1.89 bits per heavy atom. The molecule has 2 rings (SSSR count). The Kier molecular flexibility index (Phi) is 3.28. The van der Waals surface area contributed by atoms with E-state index in [1.807, 2.05) is 0 Å². The number of halogens is 4. The van der Waals surface area contributed by atoms with Crippen molar-refractivity contribution in [1.82, 2.24) is 0 Å². The number of benzene rings is 1. The van der Waals surface area contributed by atoms with E-state index in [1.165, 1.54) is 6.07 Å². The van der Waals surface area contributed by atoms with Crippen molar-refractivity contribution in [2.24, 2.45) is 0 Å². The molecule has 0 saturated carbocycles. The third-order valence-electron chi connectivity index (χ3n) is 2.38. The molecule has 0 atom stereocenters. The second-order valence-corrected chi connectivity index (χ2v) is 4.07. The first-order valence-corrected chi connectivity index (χ1v) is 5.37. The summed E-state index contributed by atoms with van der Waals surface area (Å²) in [7, 11) is 0. The van der Waals surface area contributed by atoms with Gasteiger partial charge in [-0.1, -0.05) is 11.6 Å². The van der Waals surface area contributed by atoms with E-state index in [9.17, 15) is 18.0 Å². The predicted octanol–water partition coefficient (Wildman–Crippen LogP) is 4.32. The van der Waals surface area contributed by atoms with Gasteiger partial charge in [-0.15, -0.1) is 0 Å². The zero-order chi connectivity index (χ0) is 14.2. The van der Waals surface area contributed by atoms with Crippen molar-refractivity contribution in [1.29, 1.82) is 0 Å². The van der Waals surface area contributed by atoms with Gasteiger partial charge in [0.05, 0.1) is 10.6 Å². The fourth-order valence-electron chi connectivity index (χ4n) is 1.49. The van der Waals surface area contributed by atoms with E-state index in [0.717, 1.165) is 24.3 Å². The van der Waals surface area contributed by atoms with Gasteiger partial charge in [-0.05, 0) is 30.3 Å². The normalized spacial score (nSPS) is 11.6. The Bertz CT molecular complexity index is 631. The van der Waals surface area contributed by atoms with Gasteiger partial charge >= 0.3 is 12.1 Å². The summed E-state index contributed by atoms with van der Waals surface area (Å²) in [6, 6.07) is 5.14. The maximum absolute atomic E-state index is 12.6. The number of aromatic carboxylic acids is 1. The quantitative estimate of drug-likeness (QED) is 0.896. The molecule has 1 aromatic carbocycles. The molecule has 0 aliphatic carbocycles. The van der Waals surface area contributed by atoms with Crippen LogP contribution in [0.4, 0.5) is 13.2 Å². The van der Waals surface area contributed by atoms with Crippen molar-refractivity contribution in [3.63, 3.8) is 0 Å². The van der Waals surface area contributed by atoms with Gasteiger partial charge in [0, 0.05) is 5.56 Å². The molecular weight excluding hydrogens is 285 g/mol. The summed E-state index contributed by atoms with van der Waals surface area (Å²) in [4.78, 5) is 10.6. The van der Waals surface area contributed by atoms with Crippen LogP contribution in [-0.2, 0) is 6.18 Å². The Balaban J connectivity index is 2.51. The van der Waals surface area contributed by atoms with E-state index >= 15 is 0 Å². The minimum atomic E-state index is -4.51. The monoisotopic (exact) mass is 290 g/mol. The maximum Gasteiger partial charge on any atom is 0.416 e. The van der Waals surface area contributed by atoms with E-state index in [-0.39, 0.29) is 22.1 Å². The van der Waals surface area contributed by atoms with E-state index in [0.29, 0.717) is 0 Å². The molecule has 1 heterocycles. The second-order valence-electron chi connectivity index (χ2n) is 3.66. The molecule has 0 unspecified atom stereocenters. The van der Waals surface area contributed by atoms with Crippen LogP contribution in [0.5, 0.6) is 0 Å². The number of alkyl halides is 3. The molecule has 0 amide bonds. The molecule has 7 heteroatoms. The summed E-state index contributed by atoms with van der Waals surface area (Å²) >= 11 is 5.79. The SMILES string of the molecule is O=C(O)c1ccc(-c2cc(C(F)(F)F)ccc2Cl)o1. The Morgan fingerprint density at radius 3 is 2.42 bits per heavy atom. The highest BCUT2D eigenvalue weighted by atomic mass is 35.5. The highest BCUT2D eigenvalue weighted by molar-refractivity contribution is 6.33. The zero-order valence-corrected chi connectivity index (χ0v) is 9.92. The molecule has 0 saturated heterocycles. The topological polar surface area (TPSA) is 50.4 Å². The fourth-order valence-corrected chi connectivity index (χ4v) is 1.70. The minimum Gasteiger partial charge on any atom is -0.475 e. The molecule has 2 aromatic rings. The van der Waals surface area contributed by atoms with Gasteiger partial charge in [0.25, 0.3) is 0 Å². The number of hydrogen-bond donors (Lipinski definition) is 1. The van der Waals surface area contributed by atoms with Crippen molar-refractivity contribution in [3.8, 4) is 11.3 Å². The average molecular weight is 291 g/mol. The van der Waals surface area contributed by atoms with Gasteiger partial charge < -0.3 is 9.52 Å². The van der Waals surface area contributed by atoms with Crippen LogP contribution in [0.3, 0.4) is 0 Å². The molecule has 19 heavy (non-hydrogen) atoms. The largest absolute Gasteiger partial charge is 0.475 e. The number of carboxylic acid groups (broad SMARTS) is 1. The lowest BCUT2D eigenvalue weighted by atomic mass is 10.1. The standard InChI is InChI=1S/C12H6ClF3O3/c13-8-2-1-6(12(14,15)16)5-7(8)9-3-4-10(19-9)11(17)18/h1-5H,(H,17,18). The third kappa shape index (κ3) is 2.73. The molecule has 0 radical (unpaired) electrons. The number of carboxylic acids is 1. The van der Waals surface area contributed by atoms with E-state index < -0.39 is 17.7 Å². The molecule has 3 nitrogen and oxygen atoms in total. The van der Waals surface area contributed by atoms with Crippen LogP contribution in [0.2, 0.25) is 5.02 Å². The van der Waals surface area contributed by atoms with Crippen LogP contribution in [0, 0.1) is 0 Å². The second kappa shape index (κ2) is 4.62. The van der Waals surface area contributed by atoms with Crippen LogP contribution in [0.15, 0.2) is 34.7 Å². The molecule has 100 valence electrons. The van der Waals surface area contributed by atoms with Gasteiger partial charge in [0.2, 0.25) is 5.76 Å². The predicted molar refractivity (Wildman–Crippen MR) is 61.1 cm³/mol. The fraction of sp³-hybridized carbons (Fsp3) is 0.0833. The lowest BCUT2D eigenvalue weighted by molar-refractivity contribution is -0.137. The molecule has 0 bridgehead atoms. The van der Waals surface area contributed by atoms with Crippen LogP contribution in [0.25, 0.3) is 11.3 Å². The molecule has 0 aliphatic rings. The lowest BCUT2D eigenvalue weighted by Crippen LogP contribution is -2.04. The zero-order valence-electron chi connectivity index (χ0n) is 9.16. The molecule has 0 spiro atoms. The van der Waals surface area contributed by atoms with Crippen LogP contribution in [0.1, 0.15) is 16.1 Å². The Labute approximate surface area is 110 Å². The van der Waals surface area contributed by atoms with Gasteiger partial charge in [-0.3, -0.25) is 0 Å². The number of hydrogen-bond acceptors (Lipinski definition) is 2. The molecule has 1 N–H and O–H groups in total. The van der Waals surface area contributed by atoms with Crippen LogP contribution < -0.4 is 0 Å². The van der Waals surface area contributed by atoms with Gasteiger partial charge in [-0.2, -0.15) is 13.2 Å². The highest BCUT2D eigenvalue weighted by Gasteiger charge is 2.31. The summed E-state index contributed by atoms with van der Waals surface area (Å²) < 4.78 is 42.7. The van der Waals surface area contributed by atoms with Crippen molar-refractivity contribution in [2.75, 3.05) is 0 Å². The first kappa shape index (κ1) is 13.5. The van der Waals surface area contributed by atoms with E-state index in [4.69, 9.17) is 21.1 Å². The van der Waals surface area contributed by atoms with E-state index in [1.54, 1.807) is 0 Å². The summed E-state index contributed by atoms with van der Waals surface area (Å²) in [6.45, 7) is 0. The first-order chi connectivity index (χ1) is 8.79. The summed E-state index contributed by atoms with van der Waals surface area (Å²) in [5.74, 6) is -1.72. The molecule has 0 aliphatic heterocycles. The minimum absolute atomic E-state index is 0.0102. The summed E-state index contributed by atoms with van der Waals surface area (Å²) in [5, 5.41) is 8.73. The van der Waals surface area contributed by atoms with Crippen LogP contribution >= 0.6 is 11.6 Å². The van der Waals surface area contributed by atoms with Crippen molar-refractivity contribution in [3.05, 3.63) is 46.7 Å². The molecular formula is C12H6ClF3O3. The van der Waals surface area contributed by atoms with Crippen molar-refractivity contribution in [2.45, 2.75) is 6.18 Å². The Morgan fingerprint density at radius 1 is 1.21 bits per heavy atom. The van der Waals surface area contributed by atoms with E-state index in [2.05, 4.69) is 0 Å². The number of furan rings is 1. The van der Waals surface area contributed by atoms with Crippen molar-refractivity contribution < 1.29 is 27.5 Å². The summed E-state index contributed by atoms with van der Waals surface area (Å²) in [5.41, 5.74) is -0.899. The van der Waals surface area contributed by atoms with Gasteiger partial charge in [0.15, 0.2) is 0 Å². The average Bonchev–Trinajstić information content (AvgIpc) is 2.77. The molecule has 1 aromatic heterocycles. The highest BCUT2D eigenvalue weighted by Crippen LogP contribution is 2.36. The lowest BCUT2D eigenvalue weighted by Gasteiger charge is -2.08. The third-order valence-corrected chi connectivity index (χ3v) is 2.71. The number of carbonyl (C=O) groups is 1. The summed E-state index contributed by atoms with van der Waals surface area (Å²) in [6.07, 6.45) is -4.51.